The van der Waals surface area contributed by atoms with Crippen LogP contribution in [0, 0.1) is 0 Å². The fourth-order valence-corrected chi connectivity index (χ4v) is 20.3. The number of hydroxylamine groups is 12. The molecule has 7 heterocycles. The zero-order valence-electron chi connectivity index (χ0n) is 60.0. The third-order valence-corrected chi connectivity index (χ3v) is 20.8. The quantitative estimate of drug-likeness (QED) is 0.162. The summed E-state index contributed by atoms with van der Waals surface area (Å²) in [4.78, 5) is 109. The number of hydrogen-bond donors (Lipinski definition) is 0. The molecular weight excluding hydrogens is 1100 g/mol. The van der Waals surface area contributed by atoms with Crippen molar-refractivity contribution in [3.05, 3.63) is 17.5 Å². The molecule has 0 aliphatic carbocycles. The van der Waals surface area contributed by atoms with E-state index in [0.717, 1.165) is 0 Å². The third-order valence-electron chi connectivity index (χ3n) is 20.8. The highest BCUT2D eigenvalue weighted by molar-refractivity contribution is 5.98. The number of carbonyl (C=O) groups excluding carboxylic acids is 3. The lowest BCUT2D eigenvalue weighted by atomic mass is 9.74. The van der Waals surface area contributed by atoms with E-state index < -0.39 is 84.2 Å². The lowest BCUT2D eigenvalue weighted by Gasteiger charge is -2.59. The average Bonchev–Trinajstić information content (AvgIpc) is 0.801. The smallest absolute Gasteiger partial charge is 0.292 e. The van der Waals surface area contributed by atoms with Crippen LogP contribution in [0.5, 0.6) is 0 Å². The van der Waals surface area contributed by atoms with E-state index in [1.54, 1.807) is 42.7 Å². The second-order valence-electron chi connectivity index (χ2n) is 34.4. The van der Waals surface area contributed by atoms with Crippen LogP contribution in [-0.4, -0.2) is 223 Å². The molecule has 6 aliphatic rings. The van der Waals surface area contributed by atoms with E-state index >= 15 is 14.4 Å². The van der Waals surface area contributed by atoms with Crippen LogP contribution in [0.2, 0.25) is 0 Å². The molecule has 6 aliphatic heterocycles. The first-order valence-corrected chi connectivity index (χ1v) is 32.3. The largest absolute Gasteiger partial charge is 0.330 e. The highest BCUT2D eigenvalue weighted by Gasteiger charge is 2.59. The van der Waals surface area contributed by atoms with Gasteiger partial charge in [-0.2, -0.15) is 45.3 Å². The van der Waals surface area contributed by atoms with Gasteiger partial charge in [0.1, 0.15) is 0 Å². The Kier molecular flexibility index (Phi) is 19.5. The van der Waals surface area contributed by atoms with Gasteiger partial charge in [-0.1, -0.05) is 0 Å². The van der Waals surface area contributed by atoms with E-state index in [1.165, 1.54) is 0 Å². The molecule has 3 amide bonds. The normalized spacial score (nSPS) is 28.1. The van der Waals surface area contributed by atoms with Gasteiger partial charge in [0, 0.05) is 103 Å². The van der Waals surface area contributed by atoms with Gasteiger partial charge in [-0.05, 0) is 243 Å². The third kappa shape index (κ3) is 13.5. The van der Waals surface area contributed by atoms with Crippen LogP contribution >= 0.6 is 0 Å². The Morgan fingerprint density at radius 3 is 0.460 bits per heavy atom. The molecule has 6 fully saturated rings. The molecule has 1 aromatic heterocycles. The predicted octanol–water partition coefficient (Wildman–Crippen LogP) is 10.7. The summed E-state index contributed by atoms with van der Waals surface area (Å²) in [6.07, 6.45) is 6.67. The van der Waals surface area contributed by atoms with Crippen LogP contribution in [0.1, 0.15) is 275 Å². The van der Waals surface area contributed by atoms with Crippen molar-refractivity contribution < 1.29 is 43.4 Å². The Balaban J connectivity index is 1.54. The molecule has 0 atom stereocenters. The lowest BCUT2D eigenvalue weighted by Crippen LogP contribution is -2.69. The van der Waals surface area contributed by atoms with Crippen LogP contribution in [0.4, 0.5) is 0 Å². The molecule has 498 valence electrons. The van der Waals surface area contributed by atoms with Gasteiger partial charge < -0.3 is 43.7 Å². The van der Waals surface area contributed by atoms with Gasteiger partial charge in [0.2, 0.25) is 17.5 Å². The molecule has 0 radical (unpaired) electrons. The van der Waals surface area contributed by atoms with Crippen LogP contribution in [0.15, 0.2) is 0 Å². The van der Waals surface area contributed by atoms with Crippen molar-refractivity contribution in [2.24, 2.45) is 0 Å². The zero-order valence-corrected chi connectivity index (χ0v) is 60.0. The maximum absolute atomic E-state index is 16.9. The van der Waals surface area contributed by atoms with Crippen molar-refractivity contribution in [3.8, 4) is 0 Å². The first kappa shape index (κ1) is 71.4. The molecule has 7 rings (SSSR count). The van der Waals surface area contributed by atoms with Gasteiger partial charge in [0.25, 0.3) is 17.7 Å². The number of rotatable bonds is 15. The summed E-state index contributed by atoms with van der Waals surface area (Å²) in [5.74, 6) is -2.08. The van der Waals surface area contributed by atoms with Gasteiger partial charge in [-0.3, -0.25) is 14.4 Å². The summed E-state index contributed by atoms with van der Waals surface area (Å²) in [6.45, 7) is 51.8. The Morgan fingerprint density at radius 2 is 0.368 bits per heavy atom. The summed E-state index contributed by atoms with van der Waals surface area (Å²) < 4.78 is 0. The number of piperidine rings is 6. The van der Waals surface area contributed by atoms with E-state index in [-0.39, 0.29) is 53.7 Å². The average molecular weight is 1230 g/mol. The maximum Gasteiger partial charge on any atom is 0.292 e. The molecule has 0 saturated carbocycles. The number of nitrogens with zero attached hydrogens (tertiary/aromatic N) is 12. The fourth-order valence-electron chi connectivity index (χ4n) is 20.3. The highest BCUT2D eigenvalue weighted by atomic mass is 16.7. The fraction of sp³-hybridized carbons (Fsp3) is 0.909. The van der Waals surface area contributed by atoms with E-state index in [4.69, 9.17) is 44.0 Å². The Hall–Kier alpha value is -3.06. The molecule has 0 bridgehead atoms. The van der Waals surface area contributed by atoms with Crippen molar-refractivity contribution in [2.75, 3.05) is 42.7 Å². The standard InChI is InChI=1S/C66H120N12O9/c1-55(2)31-43(32-56(3,4)73(55)82-25)70(44-33-57(5,6)74(83-26)58(7,8)34-44)52(79)49-67-50(53(80)71(45-35-59(9,10)75(84-27)60(11,12)36-45)46-37-61(13,14)76(85-28)62(15,16)38-46)69-51(68-49)54(81)72(47-39-63(17,18)77(86-29)64(19,20)40-47)48-41-65(21,22)78(87-30)66(23,24)42-48/h43-48H,31-42H2,1-30H3. The Morgan fingerprint density at radius 1 is 0.264 bits per heavy atom. The second kappa shape index (κ2) is 23.8. The van der Waals surface area contributed by atoms with Gasteiger partial charge in [0.05, 0.1) is 42.7 Å². The Labute approximate surface area is 525 Å². The summed E-state index contributed by atoms with van der Waals surface area (Å²) in [5, 5.41) is 12.3. The van der Waals surface area contributed by atoms with Gasteiger partial charge in [-0.15, -0.1) is 0 Å². The molecular formula is C66H120N12O9. The molecule has 1 aromatic rings. The van der Waals surface area contributed by atoms with Crippen LogP contribution in [0.3, 0.4) is 0 Å². The van der Waals surface area contributed by atoms with Crippen LogP contribution < -0.4 is 0 Å². The van der Waals surface area contributed by atoms with Gasteiger partial charge >= 0.3 is 0 Å². The first-order valence-electron chi connectivity index (χ1n) is 32.3. The van der Waals surface area contributed by atoms with E-state index in [1.807, 2.05) is 14.7 Å². The second-order valence-corrected chi connectivity index (χ2v) is 34.4. The highest BCUT2D eigenvalue weighted by Crippen LogP contribution is 2.50. The maximum atomic E-state index is 16.9. The lowest BCUT2D eigenvalue weighted by molar-refractivity contribution is -0.281. The van der Waals surface area contributed by atoms with Crippen molar-refractivity contribution in [3.63, 3.8) is 0 Å². The monoisotopic (exact) mass is 1220 g/mol. The van der Waals surface area contributed by atoms with Crippen LogP contribution in [0.25, 0.3) is 0 Å². The predicted molar refractivity (Wildman–Crippen MR) is 339 cm³/mol. The summed E-state index contributed by atoms with van der Waals surface area (Å²) in [6, 6.07) is -2.09. The molecule has 6 saturated heterocycles. The molecule has 0 N–H and O–H groups in total. The molecule has 0 spiro atoms. The SMILES string of the molecule is CON1C(C)(C)CC(N(C(=O)c2nc(C(=O)N(C3CC(C)(C)N(OC)C(C)(C)C3)C3CC(C)(C)N(OC)C(C)(C)C3)nc(C(=O)N(C3CC(C)(C)N(OC)C(C)(C)C3)C3CC(C)(C)N(OC)C(C)(C)C3)n2)C2CC(C)(C)N(OC)C(C)(C)C2)CC1(C)C. The molecule has 21 nitrogen and oxygen atoms in total. The summed E-state index contributed by atoms with van der Waals surface area (Å²) in [7, 11) is 10.3. The van der Waals surface area contributed by atoms with Gasteiger partial charge in [-0.25, -0.2) is 0 Å². The first-order chi connectivity index (χ1) is 39.5. The summed E-state index contributed by atoms with van der Waals surface area (Å²) in [5.41, 5.74) is -6.33. The van der Waals surface area contributed by atoms with Crippen LogP contribution in [-0.2, 0) is 29.0 Å². The topological polar surface area (TPSA) is 174 Å². The number of hydrogen-bond acceptors (Lipinski definition) is 18. The van der Waals surface area contributed by atoms with Crippen molar-refractivity contribution in [2.45, 2.75) is 346 Å². The van der Waals surface area contributed by atoms with Crippen molar-refractivity contribution in [1.29, 1.82) is 0 Å². The Bertz CT molecular complexity index is 2140. The molecule has 21 heteroatoms. The van der Waals surface area contributed by atoms with E-state index in [2.05, 4.69) is 197 Å². The summed E-state index contributed by atoms with van der Waals surface area (Å²) >= 11 is 0. The van der Waals surface area contributed by atoms with E-state index in [9.17, 15) is 0 Å². The number of amides is 3. The van der Waals surface area contributed by atoms with Crippen molar-refractivity contribution in [1.82, 2.24) is 60.0 Å². The molecule has 0 unspecified atom stereocenters. The van der Waals surface area contributed by atoms with Gasteiger partial charge in [0.15, 0.2) is 0 Å². The minimum atomic E-state index is -0.528. The molecule has 0 aromatic carbocycles. The van der Waals surface area contributed by atoms with E-state index in [0.29, 0.717) is 77.0 Å². The number of aromatic nitrogens is 3. The zero-order chi connectivity index (χ0) is 66.0. The number of carbonyl (C=O) groups is 3. The molecule has 87 heavy (non-hydrogen) atoms. The minimum Gasteiger partial charge on any atom is -0.330 e. The minimum absolute atomic E-state index is 0.236. The van der Waals surface area contributed by atoms with Crippen molar-refractivity contribution >= 4 is 17.7 Å².